The zero-order chi connectivity index (χ0) is 17.9. The van der Waals surface area contributed by atoms with Gasteiger partial charge in [-0.15, -0.1) is 10.2 Å². The van der Waals surface area contributed by atoms with Crippen LogP contribution in [0.3, 0.4) is 0 Å². The van der Waals surface area contributed by atoms with E-state index in [1.807, 2.05) is 53.1 Å². The van der Waals surface area contributed by atoms with Crippen molar-refractivity contribution in [2.75, 3.05) is 10.6 Å². The van der Waals surface area contributed by atoms with Gasteiger partial charge in [0, 0.05) is 24.4 Å². The van der Waals surface area contributed by atoms with E-state index in [2.05, 4.69) is 26.0 Å². The standard InChI is InChI=1S/C18H16N6O2/c1-12-10-17(26-23-12)20-18(25)19-14-7-5-13(6-8-14)11-16-22-21-15-4-2-3-9-24(15)16/h2-10H,11H2,1H3,(H2,19,20,25). The second kappa shape index (κ2) is 6.67. The van der Waals surface area contributed by atoms with Crippen molar-refractivity contribution in [3.63, 3.8) is 0 Å². The third-order valence-corrected chi connectivity index (χ3v) is 3.82. The number of urea groups is 1. The Balaban J connectivity index is 1.41. The van der Waals surface area contributed by atoms with E-state index in [1.165, 1.54) is 0 Å². The van der Waals surface area contributed by atoms with E-state index < -0.39 is 6.03 Å². The highest BCUT2D eigenvalue weighted by molar-refractivity contribution is 5.98. The summed E-state index contributed by atoms with van der Waals surface area (Å²) in [6.07, 6.45) is 2.59. The van der Waals surface area contributed by atoms with Crippen LogP contribution in [0, 0.1) is 6.92 Å². The molecule has 8 nitrogen and oxygen atoms in total. The second-order valence-corrected chi connectivity index (χ2v) is 5.83. The molecule has 2 N–H and O–H groups in total. The van der Waals surface area contributed by atoms with Gasteiger partial charge in [0.05, 0.1) is 5.69 Å². The van der Waals surface area contributed by atoms with E-state index in [4.69, 9.17) is 4.52 Å². The summed E-state index contributed by atoms with van der Waals surface area (Å²) in [5, 5.41) is 17.4. The van der Waals surface area contributed by atoms with E-state index in [0.717, 1.165) is 17.0 Å². The minimum Gasteiger partial charge on any atom is -0.338 e. The van der Waals surface area contributed by atoms with Gasteiger partial charge in [0.2, 0.25) is 5.88 Å². The zero-order valence-electron chi connectivity index (χ0n) is 14.0. The van der Waals surface area contributed by atoms with Gasteiger partial charge >= 0.3 is 6.03 Å². The number of aryl methyl sites for hydroxylation is 1. The molecular formula is C18H16N6O2. The average Bonchev–Trinajstić information content (AvgIpc) is 3.23. The number of aromatic nitrogens is 4. The van der Waals surface area contributed by atoms with Gasteiger partial charge in [-0.3, -0.25) is 9.72 Å². The summed E-state index contributed by atoms with van der Waals surface area (Å²) >= 11 is 0. The van der Waals surface area contributed by atoms with Gasteiger partial charge in [-0.2, -0.15) is 0 Å². The molecule has 0 bridgehead atoms. The molecule has 0 aliphatic carbocycles. The van der Waals surface area contributed by atoms with E-state index in [1.54, 1.807) is 13.0 Å². The molecule has 0 unspecified atom stereocenters. The highest BCUT2D eigenvalue weighted by Crippen LogP contribution is 2.15. The van der Waals surface area contributed by atoms with E-state index in [9.17, 15) is 4.79 Å². The molecule has 0 saturated carbocycles. The second-order valence-electron chi connectivity index (χ2n) is 5.83. The van der Waals surface area contributed by atoms with Crippen LogP contribution in [-0.2, 0) is 6.42 Å². The number of fused-ring (bicyclic) bond motifs is 1. The SMILES string of the molecule is Cc1cc(NC(=O)Nc2ccc(Cc3nnc4ccccn34)cc2)on1. The number of rotatable bonds is 4. The van der Waals surface area contributed by atoms with Gasteiger partial charge in [0.25, 0.3) is 0 Å². The van der Waals surface area contributed by atoms with Crippen molar-refractivity contribution in [3.8, 4) is 0 Å². The first-order valence-corrected chi connectivity index (χ1v) is 8.06. The molecule has 0 atom stereocenters. The summed E-state index contributed by atoms with van der Waals surface area (Å²) in [4.78, 5) is 11.9. The maximum absolute atomic E-state index is 11.9. The van der Waals surface area contributed by atoms with Crippen LogP contribution in [0.4, 0.5) is 16.4 Å². The Hall–Kier alpha value is -3.68. The normalized spacial score (nSPS) is 10.8. The van der Waals surface area contributed by atoms with Crippen LogP contribution in [0.25, 0.3) is 5.65 Å². The largest absolute Gasteiger partial charge is 0.338 e. The number of anilines is 2. The maximum atomic E-state index is 11.9. The fourth-order valence-electron chi connectivity index (χ4n) is 2.60. The van der Waals surface area contributed by atoms with Crippen LogP contribution >= 0.6 is 0 Å². The fraction of sp³-hybridized carbons (Fsp3) is 0.111. The maximum Gasteiger partial charge on any atom is 0.326 e. The predicted octanol–water partition coefficient (Wildman–Crippen LogP) is 3.26. The Labute approximate surface area is 148 Å². The van der Waals surface area contributed by atoms with Crippen LogP contribution in [0.1, 0.15) is 17.1 Å². The monoisotopic (exact) mass is 348 g/mol. The minimum absolute atomic E-state index is 0.301. The predicted molar refractivity (Wildman–Crippen MR) is 96.1 cm³/mol. The summed E-state index contributed by atoms with van der Waals surface area (Å²) in [6, 6.07) is 14.6. The van der Waals surface area contributed by atoms with Gasteiger partial charge in [0.15, 0.2) is 5.65 Å². The smallest absolute Gasteiger partial charge is 0.326 e. The molecule has 1 aromatic carbocycles. The zero-order valence-corrected chi connectivity index (χ0v) is 14.0. The number of hydrogen-bond donors (Lipinski definition) is 2. The molecule has 0 radical (unpaired) electrons. The molecule has 3 aromatic heterocycles. The molecule has 26 heavy (non-hydrogen) atoms. The summed E-state index contributed by atoms with van der Waals surface area (Å²) in [5.41, 5.74) is 3.26. The molecule has 8 heteroatoms. The minimum atomic E-state index is -0.391. The molecule has 0 spiro atoms. The van der Waals surface area contributed by atoms with Crippen molar-refractivity contribution >= 4 is 23.2 Å². The lowest BCUT2D eigenvalue weighted by atomic mass is 10.1. The molecule has 0 aliphatic heterocycles. The average molecular weight is 348 g/mol. The molecule has 4 rings (SSSR count). The van der Waals surface area contributed by atoms with Crippen molar-refractivity contribution in [1.29, 1.82) is 0 Å². The van der Waals surface area contributed by atoms with Crippen molar-refractivity contribution < 1.29 is 9.32 Å². The van der Waals surface area contributed by atoms with E-state index in [0.29, 0.717) is 23.7 Å². The molecule has 0 fully saturated rings. The first-order valence-electron chi connectivity index (χ1n) is 8.06. The number of hydrogen-bond acceptors (Lipinski definition) is 5. The quantitative estimate of drug-likeness (QED) is 0.590. The Bertz CT molecular complexity index is 1050. The Morgan fingerprint density at radius 3 is 2.73 bits per heavy atom. The molecule has 130 valence electrons. The molecule has 0 saturated heterocycles. The Morgan fingerprint density at radius 2 is 1.96 bits per heavy atom. The van der Waals surface area contributed by atoms with Crippen LogP contribution < -0.4 is 10.6 Å². The van der Waals surface area contributed by atoms with Crippen molar-refractivity contribution in [2.24, 2.45) is 0 Å². The number of carbonyl (C=O) groups is 1. The van der Waals surface area contributed by atoms with Gasteiger partial charge in [0.1, 0.15) is 5.82 Å². The number of carbonyl (C=O) groups excluding carboxylic acids is 1. The van der Waals surface area contributed by atoms with Crippen LogP contribution in [0.15, 0.2) is 59.3 Å². The number of amides is 2. The molecule has 4 aromatic rings. The van der Waals surface area contributed by atoms with Crippen molar-refractivity contribution in [2.45, 2.75) is 13.3 Å². The number of nitrogens with one attached hydrogen (secondary N) is 2. The third kappa shape index (κ3) is 3.39. The van der Waals surface area contributed by atoms with Crippen molar-refractivity contribution in [3.05, 3.63) is 71.8 Å². The Morgan fingerprint density at radius 1 is 1.12 bits per heavy atom. The van der Waals surface area contributed by atoms with Crippen LogP contribution in [-0.4, -0.2) is 25.8 Å². The van der Waals surface area contributed by atoms with Gasteiger partial charge in [-0.25, -0.2) is 4.79 Å². The lowest BCUT2D eigenvalue weighted by Gasteiger charge is -2.06. The van der Waals surface area contributed by atoms with Gasteiger partial charge in [-0.1, -0.05) is 23.4 Å². The summed E-state index contributed by atoms with van der Waals surface area (Å²) in [5.74, 6) is 1.16. The Kier molecular flexibility index (Phi) is 4.06. The van der Waals surface area contributed by atoms with Crippen LogP contribution in [0.5, 0.6) is 0 Å². The molecular weight excluding hydrogens is 332 g/mol. The highest BCUT2D eigenvalue weighted by Gasteiger charge is 2.08. The third-order valence-electron chi connectivity index (χ3n) is 3.82. The van der Waals surface area contributed by atoms with E-state index in [-0.39, 0.29) is 0 Å². The van der Waals surface area contributed by atoms with Crippen molar-refractivity contribution in [1.82, 2.24) is 19.8 Å². The number of benzene rings is 1. The summed E-state index contributed by atoms with van der Waals surface area (Å²) < 4.78 is 6.91. The molecule has 2 amide bonds. The fourth-order valence-corrected chi connectivity index (χ4v) is 2.60. The first kappa shape index (κ1) is 15.8. The first-order chi connectivity index (χ1) is 12.7. The van der Waals surface area contributed by atoms with Crippen LogP contribution in [0.2, 0.25) is 0 Å². The van der Waals surface area contributed by atoms with E-state index >= 15 is 0 Å². The molecule has 0 aliphatic rings. The van der Waals surface area contributed by atoms with Gasteiger partial charge in [-0.05, 0) is 36.8 Å². The highest BCUT2D eigenvalue weighted by atomic mass is 16.5. The summed E-state index contributed by atoms with van der Waals surface area (Å²) in [6.45, 7) is 1.78. The van der Waals surface area contributed by atoms with Gasteiger partial charge < -0.3 is 9.84 Å². The molecule has 3 heterocycles. The number of nitrogens with zero attached hydrogens (tertiary/aromatic N) is 4. The lowest BCUT2D eigenvalue weighted by Crippen LogP contribution is -2.19. The lowest BCUT2D eigenvalue weighted by molar-refractivity contribution is 0.261. The topological polar surface area (TPSA) is 97.3 Å². The number of pyridine rings is 1. The summed E-state index contributed by atoms with van der Waals surface area (Å²) in [7, 11) is 0.